The van der Waals surface area contributed by atoms with Crippen molar-refractivity contribution in [3.8, 4) is 0 Å². The Balaban J connectivity index is 1.60. The Hall–Kier alpha value is -2.87. The minimum atomic E-state index is -0.769. The Kier molecular flexibility index (Phi) is 6.30. The van der Waals surface area contributed by atoms with E-state index in [4.69, 9.17) is 4.74 Å². The molecule has 8 heteroatoms. The van der Waals surface area contributed by atoms with Gasteiger partial charge < -0.3 is 10.1 Å². The second-order valence-corrected chi connectivity index (χ2v) is 7.28. The monoisotopic (exact) mass is 400 g/mol. The minimum absolute atomic E-state index is 0.0420. The van der Waals surface area contributed by atoms with Gasteiger partial charge in [0, 0.05) is 6.07 Å². The largest absolute Gasteiger partial charge is 0.452 e. The van der Waals surface area contributed by atoms with Crippen LogP contribution in [-0.4, -0.2) is 29.7 Å². The number of fused-ring (bicyclic) bond motifs is 1. The molecule has 0 unspecified atom stereocenters. The average Bonchev–Trinajstić information content (AvgIpc) is 2.71. The van der Waals surface area contributed by atoms with E-state index >= 15 is 0 Å². The predicted molar refractivity (Wildman–Crippen MR) is 105 cm³/mol. The third-order valence-corrected chi connectivity index (χ3v) is 5.44. The van der Waals surface area contributed by atoms with Gasteiger partial charge in [0.1, 0.15) is 0 Å². The molecule has 2 aromatic carbocycles. The highest BCUT2D eigenvalue weighted by atomic mass is 32.2. The summed E-state index contributed by atoms with van der Waals surface area (Å²) in [4.78, 5) is 35.4. The molecule has 0 aromatic heterocycles. The van der Waals surface area contributed by atoms with Crippen LogP contribution in [0.25, 0.3) is 0 Å². The molecule has 1 aliphatic carbocycles. The summed E-state index contributed by atoms with van der Waals surface area (Å²) >= 11 is 1.22. The number of benzene rings is 2. The van der Waals surface area contributed by atoms with E-state index < -0.39 is 23.4 Å². The van der Waals surface area contributed by atoms with E-state index in [1.807, 2.05) is 18.2 Å². The van der Waals surface area contributed by atoms with Gasteiger partial charge in [0.2, 0.25) is 0 Å². The maximum Gasteiger partial charge on any atom is 0.338 e. The molecule has 0 fully saturated rings. The Bertz CT molecular complexity index is 915. The molecule has 1 amide bonds. The molecule has 28 heavy (non-hydrogen) atoms. The summed E-state index contributed by atoms with van der Waals surface area (Å²) in [5, 5.41) is 14.0. The molecule has 0 aliphatic heterocycles. The van der Waals surface area contributed by atoms with Crippen molar-refractivity contribution < 1.29 is 19.2 Å². The molecule has 146 valence electrons. The second kappa shape index (κ2) is 8.88. The number of thioether (sulfide) groups is 1. The number of nitrogens with zero attached hydrogens (tertiary/aromatic N) is 1. The van der Waals surface area contributed by atoms with E-state index in [-0.39, 0.29) is 17.3 Å². The number of ether oxygens (including phenoxy) is 1. The van der Waals surface area contributed by atoms with Gasteiger partial charge in [0.15, 0.2) is 6.61 Å². The van der Waals surface area contributed by atoms with E-state index in [0.29, 0.717) is 4.90 Å². The first-order chi connectivity index (χ1) is 13.5. The molecule has 0 heterocycles. The zero-order chi connectivity index (χ0) is 20.1. The lowest BCUT2D eigenvalue weighted by Gasteiger charge is -2.26. The lowest BCUT2D eigenvalue weighted by Crippen LogP contribution is -2.34. The molecule has 0 radical (unpaired) electrons. The van der Waals surface area contributed by atoms with Gasteiger partial charge >= 0.3 is 5.97 Å². The molecule has 1 atom stereocenters. The highest BCUT2D eigenvalue weighted by Gasteiger charge is 2.22. The van der Waals surface area contributed by atoms with Crippen LogP contribution in [0.4, 0.5) is 5.69 Å². The number of carbonyl (C=O) groups excluding carboxylic acids is 2. The molecule has 7 nitrogen and oxygen atoms in total. The van der Waals surface area contributed by atoms with Gasteiger partial charge in [-0.25, -0.2) is 4.79 Å². The predicted octanol–water partition coefficient (Wildman–Crippen LogP) is 3.67. The third kappa shape index (κ3) is 4.51. The summed E-state index contributed by atoms with van der Waals surface area (Å²) in [7, 11) is 0. The highest BCUT2D eigenvalue weighted by molar-refractivity contribution is 7.98. The zero-order valence-corrected chi connectivity index (χ0v) is 16.2. The van der Waals surface area contributed by atoms with Crippen molar-refractivity contribution in [3.05, 3.63) is 69.3 Å². The minimum Gasteiger partial charge on any atom is -0.452 e. The first-order valence-corrected chi connectivity index (χ1v) is 10.1. The maximum absolute atomic E-state index is 12.2. The van der Waals surface area contributed by atoms with E-state index in [1.165, 1.54) is 35.5 Å². The van der Waals surface area contributed by atoms with E-state index in [2.05, 4.69) is 11.4 Å². The number of nitro benzene ring substituents is 1. The van der Waals surface area contributed by atoms with E-state index in [1.54, 1.807) is 6.26 Å². The molecule has 0 saturated carbocycles. The fourth-order valence-electron chi connectivity index (χ4n) is 3.31. The molecular weight excluding hydrogens is 380 g/mol. The van der Waals surface area contributed by atoms with Gasteiger partial charge in [-0.05, 0) is 48.8 Å². The Labute approximate surface area is 166 Å². The Morgan fingerprint density at radius 3 is 2.82 bits per heavy atom. The molecule has 1 N–H and O–H groups in total. The molecule has 2 aromatic rings. The van der Waals surface area contributed by atoms with E-state index in [0.717, 1.165) is 24.8 Å². The van der Waals surface area contributed by atoms with Crippen LogP contribution < -0.4 is 5.32 Å². The number of carbonyl (C=O) groups is 2. The Morgan fingerprint density at radius 2 is 2.07 bits per heavy atom. The van der Waals surface area contributed by atoms with Crippen LogP contribution in [0.2, 0.25) is 0 Å². The van der Waals surface area contributed by atoms with Crippen LogP contribution >= 0.6 is 11.8 Å². The van der Waals surface area contributed by atoms with Crippen molar-refractivity contribution in [1.29, 1.82) is 0 Å². The highest BCUT2D eigenvalue weighted by Crippen LogP contribution is 2.30. The molecule has 1 aliphatic rings. The summed E-state index contributed by atoms with van der Waals surface area (Å²) in [6.45, 7) is -0.435. The zero-order valence-electron chi connectivity index (χ0n) is 15.3. The van der Waals surface area contributed by atoms with Crippen molar-refractivity contribution in [2.75, 3.05) is 12.9 Å². The molecular formula is C20H20N2O5S. The number of amides is 1. The molecule has 0 saturated heterocycles. The summed E-state index contributed by atoms with van der Waals surface area (Å²) in [5.74, 6) is -1.17. The van der Waals surface area contributed by atoms with Crippen LogP contribution in [0.15, 0.2) is 47.4 Å². The van der Waals surface area contributed by atoms with Crippen molar-refractivity contribution in [2.24, 2.45) is 0 Å². The van der Waals surface area contributed by atoms with Crippen LogP contribution in [0, 0.1) is 10.1 Å². The Morgan fingerprint density at radius 1 is 1.29 bits per heavy atom. The number of rotatable bonds is 6. The molecule has 0 spiro atoms. The van der Waals surface area contributed by atoms with Crippen molar-refractivity contribution in [3.63, 3.8) is 0 Å². The SMILES string of the molecule is CSc1ccc(C(=O)OCC(=O)N[C@@H]2CCCc3ccccc32)cc1[N+](=O)[O-]. The van der Waals surface area contributed by atoms with Crippen LogP contribution in [0.5, 0.6) is 0 Å². The second-order valence-electron chi connectivity index (χ2n) is 6.43. The number of esters is 1. The number of hydrogen-bond acceptors (Lipinski definition) is 6. The fourth-order valence-corrected chi connectivity index (χ4v) is 3.86. The van der Waals surface area contributed by atoms with Crippen LogP contribution in [0.1, 0.15) is 40.4 Å². The van der Waals surface area contributed by atoms with Crippen LogP contribution in [-0.2, 0) is 16.0 Å². The summed E-state index contributed by atoms with van der Waals surface area (Å²) in [6, 6.07) is 12.0. The third-order valence-electron chi connectivity index (χ3n) is 4.65. The summed E-state index contributed by atoms with van der Waals surface area (Å²) < 4.78 is 5.05. The van der Waals surface area contributed by atoms with Crippen molar-refractivity contribution in [2.45, 2.75) is 30.2 Å². The summed E-state index contributed by atoms with van der Waals surface area (Å²) in [6.07, 6.45) is 4.52. The van der Waals surface area contributed by atoms with Gasteiger partial charge in [-0.15, -0.1) is 11.8 Å². The van der Waals surface area contributed by atoms with Crippen molar-refractivity contribution >= 4 is 29.3 Å². The van der Waals surface area contributed by atoms with Gasteiger partial charge in [0.25, 0.3) is 11.6 Å². The average molecular weight is 400 g/mol. The molecule has 0 bridgehead atoms. The lowest BCUT2D eigenvalue weighted by atomic mass is 9.88. The maximum atomic E-state index is 12.2. The fraction of sp³-hybridized carbons (Fsp3) is 0.300. The summed E-state index contributed by atoms with van der Waals surface area (Å²) in [5.41, 5.74) is 2.19. The first kappa shape index (κ1) is 19.9. The van der Waals surface area contributed by atoms with Crippen LogP contribution in [0.3, 0.4) is 0 Å². The van der Waals surface area contributed by atoms with Crippen molar-refractivity contribution in [1.82, 2.24) is 5.32 Å². The topological polar surface area (TPSA) is 98.5 Å². The van der Waals surface area contributed by atoms with Gasteiger partial charge in [-0.2, -0.15) is 0 Å². The number of hydrogen-bond donors (Lipinski definition) is 1. The number of nitrogens with one attached hydrogen (secondary N) is 1. The van der Waals surface area contributed by atoms with Gasteiger partial charge in [0.05, 0.1) is 21.4 Å². The standard InChI is InChI=1S/C20H20N2O5S/c1-28-18-10-9-14(11-17(18)22(25)26)20(24)27-12-19(23)21-16-8-4-6-13-5-2-3-7-15(13)16/h2-3,5,7,9-11,16H,4,6,8,12H2,1H3,(H,21,23)/t16-/m1/s1. The quantitative estimate of drug-likeness (QED) is 0.344. The smallest absolute Gasteiger partial charge is 0.338 e. The number of aryl methyl sites for hydroxylation is 1. The van der Waals surface area contributed by atoms with Gasteiger partial charge in [-0.1, -0.05) is 24.3 Å². The normalized spacial score (nSPS) is 15.4. The lowest BCUT2D eigenvalue weighted by molar-refractivity contribution is -0.387. The van der Waals surface area contributed by atoms with E-state index in [9.17, 15) is 19.7 Å². The molecule has 3 rings (SSSR count). The number of nitro groups is 1. The first-order valence-electron chi connectivity index (χ1n) is 8.86. The van der Waals surface area contributed by atoms with Gasteiger partial charge in [-0.3, -0.25) is 14.9 Å².